The summed E-state index contributed by atoms with van der Waals surface area (Å²) in [6, 6.07) is 0.0563. The van der Waals surface area contributed by atoms with Crippen LogP contribution in [0.1, 0.15) is 55.1 Å². The number of rotatable bonds is 6. The number of halogens is 1. The van der Waals surface area contributed by atoms with Gasteiger partial charge in [-0.3, -0.25) is 19.3 Å². The lowest BCUT2D eigenvalue weighted by molar-refractivity contribution is -0.148. The van der Waals surface area contributed by atoms with E-state index in [4.69, 9.17) is 5.73 Å². The Morgan fingerprint density at radius 2 is 1.87 bits per heavy atom. The molecule has 0 bridgehead atoms. The van der Waals surface area contributed by atoms with Crippen LogP contribution >= 0.6 is 0 Å². The highest BCUT2D eigenvalue weighted by molar-refractivity contribution is 6.24. The number of amides is 1. The van der Waals surface area contributed by atoms with Crippen molar-refractivity contribution in [3.05, 3.63) is 51.2 Å². The average Bonchev–Trinajstić information content (AvgIpc) is 2.80. The predicted molar refractivity (Wildman–Crippen MR) is 139 cm³/mol. The van der Waals surface area contributed by atoms with Crippen molar-refractivity contribution in [3.8, 4) is 5.75 Å². The van der Waals surface area contributed by atoms with Crippen molar-refractivity contribution in [2.45, 2.75) is 58.2 Å². The number of allylic oxidation sites excluding steroid dienone is 1. The first-order valence-electron chi connectivity index (χ1n) is 12.9. The summed E-state index contributed by atoms with van der Waals surface area (Å²) in [5.41, 5.74) is 1.31. The molecule has 4 rings (SSSR count). The molecule has 7 N–H and O–H groups in total. The number of phenols is 1. The number of ketones is 2. The van der Waals surface area contributed by atoms with Crippen LogP contribution in [-0.4, -0.2) is 75.1 Å². The number of benzene rings is 1. The van der Waals surface area contributed by atoms with Crippen LogP contribution in [0.25, 0.3) is 0 Å². The molecular weight excluding hydrogens is 509 g/mol. The number of nitrogens with two attached hydrogens (primary N) is 1. The summed E-state index contributed by atoms with van der Waals surface area (Å²) in [6.45, 7) is 7.00. The van der Waals surface area contributed by atoms with Crippen LogP contribution in [-0.2, 0) is 22.6 Å². The van der Waals surface area contributed by atoms with Crippen LogP contribution < -0.4 is 11.1 Å². The number of likely N-dealkylation sites (N-methyl/N-ethyl adjacent to an activating group) is 1. The molecule has 0 aromatic heterocycles. The molecule has 3 aliphatic carbocycles. The Morgan fingerprint density at radius 3 is 2.44 bits per heavy atom. The van der Waals surface area contributed by atoms with Crippen molar-refractivity contribution in [3.63, 3.8) is 0 Å². The largest absolute Gasteiger partial charge is 0.510 e. The summed E-state index contributed by atoms with van der Waals surface area (Å²) in [5.74, 6) is -8.27. The van der Waals surface area contributed by atoms with E-state index >= 15 is 4.39 Å². The number of hydrogen-bond donors (Lipinski definition) is 6. The number of carbonyl (C=O) groups excluding carboxylic acids is 3. The molecule has 0 fully saturated rings. The number of nitrogens with one attached hydrogen (secondary N) is 1. The third-order valence-corrected chi connectivity index (χ3v) is 8.10. The number of aliphatic hydroxyl groups is 3. The van der Waals surface area contributed by atoms with E-state index in [0.717, 1.165) is 12.5 Å². The first-order valence-corrected chi connectivity index (χ1v) is 12.9. The van der Waals surface area contributed by atoms with E-state index in [0.29, 0.717) is 6.54 Å². The zero-order chi connectivity index (χ0) is 29.2. The topological polar surface area (TPSA) is 173 Å². The van der Waals surface area contributed by atoms with Crippen molar-refractivity contribution in [1.82, 2.24) is 10.2 Å². The second-order valence-corrected chi connectivity index (χ2v) is 12.2. The number of primary amides is 1. The second kappa shape index (κ2) is 9.72. The summed E-state index contributed by atoms with van der Waals surface area (Å²) < 4.78 is 15.7. The van der Waals surface area contributed by atoms with E-state index in [-0.39, 0.29) is 47.1 Å². The molecule has 1 amide bonds. The van der Waals surface area contributed by atoms with Crippen LogP contribution in [0.4, 0.5) is 4.39 Å². The first kappa shape index (κ1) is 28.7. The number of nitrogens with zero attached hydrogens (tertiary/aromatic N) is 1. The minimum Gasteiger partial charge on any atom is -0.510 e. The van der Waals surface area contributed by atoms with Gasteiger partial charge in [0.1, 0.15) is 28.7 Å². The Morgan fingerprint density at radius 1 is 1.23 bits per heavy atom. The fraction of sp³-hybridized carbons (Fsp3) is 0.536. The average molecular weight is 546 g/mol. The van der Waals surface area contributed by atoms with Gasteiger partial charge in [-0.2, -0.15) is 0 Å². The standard InChI is InChI=1S/C28H36FN3O7/c1-27(2,3)6-7-31-11-13-10-16(33)18-14(20(13)29)8-12-9-15-21(32(4)5)23(35)19(26(30)38)25(37)28(15,39)24(36)17(12)22(18)34/h10,12,15,21,31,33,35-36,39H,6-9,11H2,1-5H3,(H2,30,38)/t12-,15-,21-,28-/m0/s1. The van der Waals surface area contributed by atoms with Crippen molar-refractivity contribution in [2.24, 2.45) is 23.0 Å². The van der Waals surface area contributed by atoms with E-state index in [9.17, 15) is 34.8 Å². The molecule has 0 radical (unpaired) electrons. The normalized spacial score (nSPS) is 27.0. The molecule has 10 nitrogen and oxygen atoms in total. The third-order valence-electron chi connectivity index (χ3n) is 8.10. The first-order chi connectivity index (χ1) is 18.0. The molecule has 11 heteroatoms. The molecule has 4 atom stereocenters. The molecule has 0 spiro atoms. The maximum absolute atomic E-state index is 15.7. The molecule has 0 unspecified atom stereocenters. The fourth-order valence-corrected chi connectivity index (χ4v) is 6.17. The van der Waals surface area contributed by atoms with Gasteiger partial charge in [-0.1, -0.05) is 20.8 Å². The summed E-state index contributed by atoms with van der Waals surface area (Å²) in [6.07, 6.45) is 0.651. The van der Waals surface area contributed by atoms with Gasteiger partial charge in [0, 0.05) is 29.2 Å². The minimum absolute atomic E-state index is 0.0132. The summed E-state index contributed by atoms with van der Waals surface area (Å²) in [5, 5.41) is 47.6. The number of aliphatic hydroxyl groups excluding tert-OH is 2. The van der Waals surface area contributed by atoms with Gasteiger partial charge in [0.25, 0.3) is 5.91 Å². The zero-order valence-corrected chi connectivity index (χ0v) is 22.8. The van der Waals surface area contributed by atoms with Gasteiger partial charge < -0.3 is 31.5 Å². The molecule has 0 aliphatic heterocycles. The lowest BCUT2D eigenvalue weighted by Gasteiger charge is -2.50. The maximum Gasteiger partial charge on any atom is 0.255 e. The van der Waals surface area contributed by atoms with Gasteiger partial charge in [0.15, 0.2) is 11.4 Å². The van der Waals surface area contributed by atoms with Crippen LogP contribution in [0, 0.1) is 23.1 Å². The van der Waals surface area contributed by atoms with Gasteiger partial charge in [0.2, 0.25) is 5.78 Å². The van der Waals surface area contributed by atoms with Gasteiger partial charge in [-0.15, -0.1) is 0 Å². The Bertz CT molecular complexity index is 1330. The van der Waals surface area contributed by atoms with Gasteiger partial charge in [-0.05, 0) is 57.3 Å². The fourth-order valence-electron chi connectivity index (χ4n) is 6.17. The van der Waals surface area contributed by atoms with Crippen molar-refractivity contribution in [1.29, 1.82) is 0 Å². The second-order valence-electron chi connectivity index (χ2n) is 12.2. The van der Waals surface area contributed by atoms with E-state index < -0.39 is 69.6 Å². The number of fused-ring (bicyclic) bond motifs is 3. The van der Waals surface area contributed by atoms with Crippen molar-refractivity contribution >= 4 is 17.5 Å². The van der Waals surface area contributed by atoms with E-state index in [1.165, 1.54) is 4.90 Å². The molecule has 39 heavy (non-hydrogen) atoms. The Kier molecular flexibility index (Phi) is 7.16. The van der Waals surface area contributed by atoms with Crippen LogP contribution in [0.2, 0.25) is 0 Å². The Hall–Kier alpha value is -3.28. The third kappa shape index (κ3) is 4.52. The molecule has 0 saturated heterocycles. The summed E-state index contributed by atoms with van der Waals surface area (Å²) in [4.78, 5) is 40.4. The van der Waals surface area contributed by atoms with E-state index in [1.807, 2.05) is 0 Å². The van der Waals surface area contributed by atoms with Gasteiger partial charge in [-0.25, -0.2) is 4.39 Å². The highest BCUT2D eigenvalue weighted by atomic mass is 19.1. The molecular formula is C28H36FN3O7. The predicted octanol–water partition coefficient (Wildman–Crippen LogP) is 1.79. The van der Waals surface area contributed by atoms with E-state index in [2.05, 4.69) is 26.1 Å². The quantitative estimate of drug-likeness (QED) is 0.230. The molecule has 1 aromatic rings. The molecule has 0 heterocycles. The molecule has 3 aliphatic rings. The lowest BCUT2D eigenvalue weighted by Crippen LogP contribution is -2.63. The Labute approximate surface area is 226 Å². The smallest absolute Gasteiger partial charge is 0.255 e. The van der Waals surface area contributed by atoms with Crippen LogP contribution in [0.15, 0.2) is 28.7 Å². The van der Waals surface area contributed by atoms with Gasteiger partial charge >= 0.3 is 0 Å². The minimum atomic E-state index is -2.73. The Balaban J connectivity index is 1.78. The summed E-state index contributed by atoms with van der Waals surface area (Å²) >= 11 is 0. The monoisotopic (exact) mass is 545 g/mol. The molecule has 1 aromatic carbocycles. The van der Waals surface area contributed by atoms with Crippen LogP contribution in [0.5, 0.6) is 5.75 Å². The number of phenolic OH excluding ortho intramolecular Hbond substituents is 1. The lowest BCUT2D eigenvalue weighted by atomic mass is 9.58. The van der Waals surface area contributed by atoms with Crippen molar-refractivity contribution in [2.75, 3.05) is 20.6 Å². The number of hydrogen-bond acceptors (Lipinski definition) is 9. The van der Waals surface area contributed by atoms with E-state index in [1.54, 1.807) is 14.1 Å². The highest BCUT2D eigenvalue weighted by Crippen LogP contribution is 2.52. The van der Waals surface area contributed by atoms with Gasteiger partial charge in [0.05, 0.1) is 11.6 Å². The molecule has 0 saturated carbocycles. The molecule has 212 valence electrons. The number of aromatic hydroxyl groups is 1. The van der Waals surface area contributed by atoms with Crippen molar-refractivity contribution < 1.29 is 39.2 Å². The summed E-state index contributed by atoms with van der Waals surface area (Å²) in [7, 11) is 3.09. The number of carbonyl (C=O) groups is 3. The zero-order valence-electron chi connectivity index (χ0n) is 22.8. The number of Topliss-reactive ketones (excluding diaryl/α,β-unsaturated/α-hetero) is 2. The maximum atomic E-state index is 15.7. The SMILES string of the molecule is CN(C)[C@@H]1C(O)=C(C(N)=O)C(=O)[C@@]2(O)C(O)=C3C(=O)c4c(O)cc(CNCCC(C)(C)C)c(F)c4C[C@H]3C[C@@H]12. The van der Waals surface area contributed by atoms with Crippen LogP contribution in [0.3, 0.4) is 0 Å². The highest BCUT2D eigenvalue weighted by Gasteiger charge is 2.63.